The first kappa shape index (κ1) is 18.4. The Morgan fingerprint density at radius 1 is 1.29 bits per heavy atom. The molecule has 0 unspecified atom stereocenters. The van der Waals surface area contributed by atoms with Crippen LogP contribution in [0.3, 0.4) is 0 Å². The molecular formula is C22H23FN4O. The molecule has 0 aliphatic heterocycles. The third-order valence-electron chi connectivity index (χ3n) is 5.52. The second kappa shape index (κ2) is 6.59. The minimum absolute atomic E-state index is 0.00445. The van der Waals surface area contributed by atoms with Gasteiger partial charge in [-0.1, -0.05) is 26.0 Å². The number of carbonyl (C=O) groups excluding carboxylic acids is 1. The molecule has 5 nitrogen and oxygen atoms in total. The zero-order valence-corrected chi connectivity index (χ0v) is 16.3. The van der Waals surface area contributed by atoms with Gasteiger partial charge in [-0.3, -0.25) is 4.79 Å². The molecule has 2 aliphatic carbocycles. The summed E-state index contributed by atoms with van der Waals surface area (Å²) in [6.07, 6.45) is 7.00. The second-order valence-corrected chi connectivity index (χ2v) is 8.51. The highest BCUT2D eigenvalue weighted by molar-refractivity contribution is 5.99. The molecule has 0 saturated heterocycles. The SMILES string of the molecule is Cc1nn(-c2cc(F)c(C#N)c(NC3CC=CC3)c2)c2c1C(=O)CC(C)(C)C2. The monoisotopic (exact) mass is 378 g/mol. The molecule has 0 saturated carbocycles. The van der Waals surface area contributed by atoms with Crippen LogP contribution in [0.15, 0.2) is 24.3 Å². The summed E-state index contributed by atoms with van der Waals surface area (Å²) in [6.45, 7) is 5.93. The van der Waals surface area contributed by atoms with E-state index in [-0.39, 0.29) is 22.8 Å². The Hall–Kier alpha value is -2.94. The maximum Gasteiger partial charge on any atom is 0.167 e. The van der Waals surface area contributed by atoms with Crippen LogP contribution in [0.4, 0.5) is 10.1 Å². The quantitative estimate of drug-likeness (QED) is 0.800. The van der Waals surface area contributed by atoms with E-state index in [1.54, 1.807) is 10.7 Å². The lowest BCUT2D eigenvalue weighted by atomic mass is 9.75. The Morgan fingerprint density at radius 3 is 2.68 bits per heavy atom. The molecule has 1 aromatic carbocycles. The van der Waals surface area contributed by atoms with Crippen LogP contribution in [-0.4, -0.2) is 21.6 Å². The van der Waals surface area contributed by atoms with Crippen LogP contribution < -0.4 is 5.32 Å². The van der Waals surface area contributed by atoms with Crippen molar-refractivity contribution in [1.29, 1.82) is 5.26 Å². The Balaban J connectivity index is 1.82. The lowest BCUT2D eigenvalue weighted by Gasteiger charge is -2.29. The molecule has 4 rings (SSSR count). The topological polar surface area (TPSA) is 70.7 Å². The van der Waals surface area contributed by atoms with Crippen LogP contribution in [-0.2, 0) is 6.42 Å². The number of fused-ring (bicyclic) bond motifs is 1. The number of hydrogen-bond donors (Lipinski definition) is 1. The summed E-state index contributed by atoms with van der Waals surface area (Å²) in [5.74, 6) is -0.503. The van der Waals surface area contributed by atoms with Crippen LogP contribution in [0.2, 0.25) is 0 Å². The molecule has 2 aromatic rings. The van der Waals surface area contributed by atoms with Crippen molar-refractivity contribution in [2.75, 3.05) is 5.32 Å². The lowest BCUT2D eigenvalue weighted by molar-refractivity contribution is 0.0910. The fraction of sp³-hybridized carbons (Fsp3) is 0.409. The van der Waals surface area contributed by atoms with Crippen molar-refractivity contribution in [3.05, 3.63) is 52.6 Å². The Labute approximate surface area is 163 Å². The van der Waals surface area contributed by atoms with E-state index in [4.69, 9.17) is 0 Å². The molecule has 6 heteroatoms. The number of ketones is 1. The molecule has 0 bridgehead atoms. The molecule has 0 amide bonds. The van der Waals surface area contributed by atoms with Gasteiger partial charge >= 0.3 is 0 Å². The summed E-state index contributed by atoms with van der Waals surface area (Å²) in [5.41, 5.74) is 2.96. The standard InChI is InChI=1S/C22H23FN4O/c1-13-21-19(10-22(2,3)11-20(21)28)27(26-13)15-8-17(23)16(12-24)18(9-15)25-14-6-4-5-7-14/h4-5,8-9,14,25H,6-7,10-11H2,1-3H3. The second-order valence-electron chi connectivity index (χ2n) is 8.51. The normalized spacial score (nSPS) is 18.2. The van der Waals surface area contributed by atoms with Crippen molar-refractivity contribution in [3.63, 3.8) is 0 Å². The summed E-state index contributed by atoms with van der Waals surface area (Å²) < 4.78 is 16.4. The predicted molar refractivity (Wildman–Crippen MR) is 105 cm³/mol. The molecule has 0 atom stereocenters. The Kier molecular flexibility index (Phi) is 4.34. The first-order valence-electron chi connectivity index (χ1n) is 9.56. The van der Waals surface area contributed by atoms with E-state index >= 15 is 0 Å². The molecule has 144 valence electrons. The molecule has 1 heterocycles. The van der Waals surface area contributed by atoms with Gasteiger partial charge in [0, 0.05) is 18.5 Å². The minimum atomic E-state index is -0.586. The lowest BCUT2D eigenvalue weighted by Crippen LogP contribution is -2.28. The van der Waals surface area contributed by atoms with Gasteiger partial charge in [-0.15, -0.1) is 0 Å². The van der Waals surface area contributed by atoms with Gasteiger partial charge in [0.15, 0.2) is 5.78 Å². The number of nitrogens with one attached hydrogen (secondary N) is 1. The van der Waals surface area contributed by atoms with Crippen molar-refractivity contribution in [1.82, 2.24) is 9.78 Å². The van der Waals surface area contributed by atoms with Gasteiger partial charge in [-0.25, -0.2) is 9.07 Å². The van der Waals surface area contributed by atoms with Crippen LogP contribution in [0, 0.1) is 29.5 Å². The van der Waals surface area contributed by atoms with Gasteiger partial charge in [0.2, 0.25) is 0 Å². The summed E-state index contributed by atoms with van der Waals surface area (Å²) in [7, 11) is 0. The van der Waals surface area contributed by atoms with Crippen LogP contribution in [0.25, 0.3) is 5.69 Å². The van der Waals surface area contributed by atoms with Crippen molar-refractivity contribution >= 4 is 11.5 Å². The summed E-state index contributed by atoms with van der Waals surface area (Å²) in [6, 6.07) is 5.20. The van der Waals surface area contributed by atoms with Gasteiger partial charge in [-0.05, 0) is 37.7 Å². The maximum atomic E-state index is 14.8. The van der Waals surface area contributed by atoms with Crippen molar-refractivity contribution < 1.29 is 9.18 Å². The van der Waals surface area contributed by atoms with Crippen molar-refractivity contribution in [2.45, 2.75) is 52.5 Å². The maximum absolute atomic E-state index is 14.8. The third kappa shape index (κ3) is 3.11. The number of rotatable bonds is 3. The molecule has 2 aliphatic rings. The van der Waals surface area contributed by atoms with E-state index in [1.807, 2.05) is 13.0 Å². The highest BCUT2D eigenvalue weighted by Gasteiger charge is 2.36. The first-order valence-corrected chi connectivity index (χ1v) is 9.56. The summed E-state index contributed by atoms with van der Waals surface area (Å²) >= 11 is 0. The van der Waals surface area contributed by atoms with Gasteiger partial charge < -0.3 is 5.32 Å². The number of halogens is 1. The fourth-order valence-electron chi connectivity index (χ4n) is 4.25. The third-order valence-corrected chi connectivity index (χ3v) is 5.52. The Morgan fingerprint density at radius 2 is 2.00 bits per heavy atom. The Bertz CT molecular complexity index is 1030. The van der Waals surface area contributed by atoms with E-state index in [1.165, 1.54) is 6.07 Å². The van der Waals surface area contributed by atoms with Gasteiger partial charge in [0.1, 0.15) is 17.4 Å². The summed E-state index contributed by atoms with van der Waals surface area (Å²) in [4.78, 5) is 12.6. The molecule has 0 spiro atoms. The number of aryl methyl sites for hydroxylation is 1. The van der Waals surface area contributed by atoms with Crippen molar-refractivity contribution in [2.24, 2.45) is 5.41 Å². The molecule has 0 radical (unpaired) electrons. The largest absolute Gasteiger partial charge is 0.380 e. The summed E-state index contributed by atoms with van der Waals surface area (Å²) in [5, 5.41) is 17.3. The van der Waals surface area contributed by atoms with E-state index in [9.17, 15) is 14.4 Å². The number of Topliss-reactive ketones (excluding diaryl/α,β-unsaturated/α-hetero) is 1. The molecule has 1 aromatic heterocycles. The highest BCUT2D eigenvalue weighted by Crippen LogP contribution is 2.37. The van der Waals surface area contributed by atoms with Crippen molar-refractivity contribution in [3.8, 4) is 11.8 Å². The highest BCUT2D eigenvalue weighted by atomic mass is 19.1. The van der Waals surface area contributed by atoms with E-state index in [0.29, 0.717) is 35.5 Å². The average molecular weight is 378 g/mol. The number of benzene rings is 1. The molecular weight excluding hydrogens is 355 g/mol. The van der Waals surface area contributed by atoms with Gasteiger partial charge in [0.05, 0.1) is 28.3 Å². The molecule has 28 heavy (non-hydrogen) atoms. The van der Waals surface area contributed by atoms with Gasteiger partial charge in [0.25, 0.3) is 0 Å². The van der Waals surface area contributed by atoms with Crippen LogP contribution in [0.1, 0.15) is 60.4 Å². The predicted octanol–water partition coefficient (Wildman–Crippen LogP) is 4.48. The zero-order valence-electron chi connectivity index (χ0n) is 16.3. The number of hydrogen-bond acceptors (Lipinski definition) is 4. The number of anilines is 1. The number of aromatic nitrogens is 2. The minimum Gasteiger partial charge on any atom is -0.380 e. The van der Waals surface area contributed by atoms with E-state index < -0.39 is 5.82 Å². The molecule has 0 fully saturated rings. The first-order chi connectivity index (χ1) is 13.3. The average Bonchev–Trinajstić information content (AvgIpc) is 3.21. The number of nitrogens with zero attached hydrogens (tertiary/aromatic N) is 3. The molecule has 1 N–H and O–H groups in total. The smallest absolute Gasteiger partial charge is 0.167 e. The number of carbonyl (C=O) groups is 1. The van der Waals surface area contributed by atoms with Crippen LogP contribution in [0.5, 0.6) is 0 Å². The van der Waals surface area contributed by atoms with Crippen LogP contribution >= 0.6 is 0 Å². The van der Waals surface area contributed by atoms with E-state index in [2.05, 4.69) is 36.4 Å². The van der Waals surface area contributed by atoms with E-state index in [0.717, 1.165) is 18.5 Å². The fourth-order valence-corrected chi connectivity index (χ4v) is 4.25. The number of nitriles is 1. The zero-order chi connectivity index (χ0) is 20.1. The van der Waals surface area contributed by atoms with Gasteiger partial charge in [-0.2, -0.15) is 10.4 Å².